The van der Waals surface area contributed by atoms with Gasteiger partial charge in [0.1, 0.15) is 11.4 Å². The second-order valence-electron chi connectivity index (χ2n) is 6.98. The van der Waals surface area contributed by atoms with Gasteiger partial charge in [-0.1, -0.05) is 0 Å². The third-order valence-corrected chi connectivity index (χ3v) is 4.06. The highest BCUT2D eigenvalue weighted by molar-refractivity contribution is 5.86. The summed E-state index contributed by atoms with van der Waals surface area (Å²) in [6.45, 7) is 7.52. The topological polar surface area (TPSA) is 73.6 Å². The molecule has 3 N–H and O–H groups in total. The molecule has 0 aromatic heterocycles. The summed E-state index contributed by atoms with van der Waals surface area (Å²) < 4.78 is 10.6. The molecule has 22 heavy (non-hydrogen) atoms. The predicted molar refractivity (Wildman–Crippen MR) is 87.4 cm³/mol. The number of anilines is 1. The average Bonchev–Trinajstić information content (AvgIpc) is 3.18. The molecule has 1 atom stereocenters. The van der Waals surface area contributed by atoms with E-state index in [2.05, 4.69) is 5.32 Å². The molecule has 0 heterocycles. The number of hydrogen-bond donors (Lipinski definition) is 2. The summed E-state index contributed by atoms with van der Waals surface area (Å²) in [7, 11) is 1.63. The SMILES string of the molecule is COc1ccc(NC(=O)OC(C)(C)C)c(C2(C(C)N)CC2)c1. The molecule has 2 rings (SSSR count). The van der Waals surface area contributed by atoms with Crippen molar-refractivity contribution in [2.75, 3.05) is 12.4 Å². The Bertz CT molecular complexity index is 558. The highest BCUT2D eigenvalue weighted by Crippen LogP contribution is 2.53. The van der Waals surface area contributed by atoms with E-state index < -0.39 is 11.7 Å². The minimum Gasteiger partial charge on any atom is -0.497 e. The Morgan fingerprint density at radius 3 is 2.45 bits per heavy atom. The zero-order valence-corrected chi connectivity index (χ0v) is 14.0. The maximum atomic E-state index is 12.1. The molecule has 0 bridgehead atoms. The Morgan fingerprint density at radius 1 is 1.36 bits per heavy atom. The van der Waals surface area contributed by atoms with Crippen LogP contribution in [-0.4, -0.2) is 24.8 Å². The van der Waals surface area contributed by atoms with E-state index in [1.807, 2.05) is 45.9 Å². The molecule has 1 saturated carbocycles. The van der Waals surface area contributed by atoms with Gasteiger partial charge in [0.15, 0.2) is 0 Å². The van der Waals surface area contributed by atoms with Gasteiger partial charge in [-0.3, -0.25) is 5.32 Å². The lowest BCUT2D eigenvalue weighted by molar-refractivity contribution is 0.0635. The van der Waals surface area contributed by atoms with Crippen molar-refractivity contribution < 1.29 is 14.3 Å². The third kappa shape index (κ3) is 3.53. The molecule has 1 amide bonds. The molecular formula is C17H26N2O3. The molecule has 0 aliphatic heterocycles. The Morgan fingerprint density at radius 2 is 2.00 bits per heavy atom. The first-order valence-electron chi connectivity index (χ1n) is 7.62. The van der Waals surface area contributed by atoms with Crippen molar-refractivity contribution in [3.8, 4) is 5.75 Å². The highest BCUT2D eigenvalue weighted by atomic mass is 16.6. The summed E-state index contributed by atoms with van der Waals surface area (Å²) in [5, 5.41) is 2.85. The summed E-state index contributed by atoms with van der Waals surface area (Å²) in [6, 6.07) is 5.65. The lowest BCUT2D eigenvalue weighted by Crippen LogP contribution is -2.33. The van der Waals surface area contributed by atoms with Crippen LogP contribution in [0.4, 0.5) is 10.5 Å². The number of amides is 1. The standard InChI is InChI=1S/C17H26N2O3/c1-11(18)17(8-9-17)13-10-12(21-5)6-7-14(13)19-15(20)22-16(2,3)4/h6-7,10-11H,8-9,18H2,1-5H3,(H,19,20). The van der Waals surface area contributed by atoms with Gasteiger partial charge in [-0.05, 0) is 64.3 Å². The van der Waals surface area contributed by atoms with Gasteiger partial charge < -0.3 is 15.2 Å². The van der Waals surface area contributed by atoms with Crippen LogP contribution >= 0.6 is 0 Å². The van der Waals surface area contributed by atoms with Gasteiger partial charge in [0, 0.05) is 17.1 Å². The van der Waals surface area contributed by atoms with Crippen LogP contribution in [0.2, 0.25) is 0 Å². The first-order valence-corrected chi connectivity index (χ1v) is 7.62. The smallest absolute Gasteiger partial charge is 0.412 e. The van der Waals surface area contributed by atoms with Gasteiger partial charge in [-0.15, -0.1) is 0 Å². The quantitative estimate of drug-likeness (QED) is 0.894. The number of nitrogens with two attached hydrogens (primary N) is 1. The fraction of sp³-hybridized carbons (Fsp3) is 0.588. The van der Waals surface area contributed by atoms with E-state index in [1.54, 1.807) is 7.11 Å². The molecule has 1 fully saturated rings. The number of carbonyl (C=O) groups is 1. The van der Waals surface area contributed by atoms with E-state index in [0.717, 1.165) is 29.8 Å². The van der Waals surface area contributed by atoms with Crippen LogP contribution in [-0.2, 0) is 10.2 Å². The van der Waals surface area contributed by atoms with Crippen LogP contribution in [0.15, 0.2) is 18.2 Å². The van der Waals surface area contributed by atoms with Gasteiger partial charge >= 0.3 is 6.09 Å². The first-order chi connectivity index (χ1) is 10.2. The van der Waals surface area contributed by atoms with E-state index >= 15 is 0 Å². The molecule has 1 aromatic rings. The second-order valence-corrected chi connectivity index (χ2v) is 6.98. The van der Waals surface area contributed by atoms with Crippen molar-refractivity contribution in [2.24, 2.45) is 5.73 Å². The summed E-state index contributed by atoms with van der Waals surface area (Å²) in [5.41, 5.74) is 7.32. The number of methoxy groups -OCH3 is 1. The largest absolute Gasteiger partial charge is 0.497 e. The van der Waals surface area contributed by atoms with Gasteiger partial charge in [0.2, 0.25) is 0 Å². The van der Waals surface area contributed by atoms with Crippen molar-refractivity contribution in [2.45, 2.75) is 57.6 Å². The van der Waals surface area contributed by atoms with Crippen molar-refractivity contribution in [1.82, 2.24) is 0 Å². The second kappa shape index (κ2) is 5.80. The van der Waals surface area contributed by atoms with Gasteiger partial charge in [0.05, 0.1) is 7.11 Å². The molecule has 5 heteroatoms. The fourth-order valence-electron chi connectivity index (χ4n) is 2.69. The fourth-order valence-corrected chi connectivity index (χ4v) is 2.69. The number of benzene rings is 1. The predicted octanol–water partition coefficient (Wildman–Crippen LogP) is 3.42. The number of carbonyl (C=O) groups excluding carboxylic acids is 1. The number of rotatable bonds is 4. The molecule has 0 spiro atoms. The van der Waals surface area contributed by atoms with Gasteiger partial charge in [0.25, 0.3) is 0 Å². The third-order valence-electron chi connectivity index (χ3n) is 4.06. The van der Waals surface area contributed by atoms with Crippen molar-refractivity contribution in [1.29, 1.82) is 0 Å². The summed E-state index contributed by atoms with van der Waals surface area (Å²) >= 11 is 0. The van der Waals surface area contributed by atoms with Crippen LogP contribution in [0.25, 0.3) is 0 Å². The summed E-state index contributed by atoms with van der Waals surface area (Å²) in [4.78, 5) is 12.1. The maximum Gasteiger partial charge on any atom is 0.412 e. The molecule has 0 saturated heterocycles. The molecule has 1 unspecified atom stereocenters. The average molecular weight is 306 g/mol. The lowest BCUT2D eigenvalue weighted by atomic mass is 9.88. The van der Waals surface area contributed by atoms with E-state index in [9.17, 15) is 4.79 Å². The number of ether oxygens (including phenoxy) is 2. The summed E-state index contributed by atoms with van der Waals surface area (Å²) in [5.74, 6) is 0.761. The van der Waals surface area contributed by atoms with Crippen molar-refractivity contribution >= 4 is 11.8 Å². The normalized spacial score (nSPS) is 17.5. The lowest BCUT2D eigenvalue weighted by Gasteiger charge is -2.25. The van der Waals surface area contributed by atoms with Crippen molar-refractivity contribution in [3.05, 3.63) is 23.8 Å². The first kappa shape index (κ1) is 16.6. The zero-order chi connectivity index (χ0) is 16.5. The van der Waals surface area contributed by atoms with E-state index in [0.29, 0.717) is 0 Å². The molecule has 1 aromatic carbocycles. The molecule has 122 valence electrons. The Balaban J connectivity index is 2.30. The molecule has 5 nitrogen and oxygen atoms in total. The van der Waals surface area contributed by atoms with Crippen LogP contribution in [0, 0.1) is 0 Å². The molecule has 1 aliphatic rings. The minimum atomic E-state index is -0.533. The van der Waals surface area contributed by atoms with Crippen LogP contribution in [0.5, 0.6) is 5.75 Å². The van der Waals surface area contributed by atoms with Crippen LogP contribution in [0.1, 0.15) is 46.1 Å². The van der Waals surface area contributed by atoms with Crippen molar-refractivity contribution in [3.63, 3.8) is 0 Å². The Kier molecular flexibility index (Phi) is 4.38. The van der Waals surface area contributed by atoms with E-state index in [1.165, 1.54) is 0 Å². The van der Waals surface area contributed by atoms with E-state index in [4.69, 9.17) is 15.2 Å². The zero-order valence-electron chi connectivity index (χ0n) is 14.0. The van der Waals surface area contributed by atoms with Gasteiger partial charge in [-0.25, -0.2) is 4.79 Å². The molecule has 1 aliphatic carbocycles. The maximum absolute atomic E-state index is 12.1. The Labute approximate surface area is 132 Å². The number of hydrogen-bond acceptors (Lipinski definition) is 4. The highest BCUT2D eigenvalue weighted by Gasteiger charge is 2.49. The number of nitrogens with one attached hydrogen (secondary N) is 1. The Hall–Kier alpha value is -1.75. The van der Waals surface area contributed by atoms with E-state index in [-0.39, 0.29) is 11.5 Å². The molecular weight excluding hydrogens is 280 g/mol. The monoisotopic (exact) mass is 306 g/mol. The molecule has 0 radical (unpaired) electrons. The van der Waals surface area contributed by atoms with Crippen LogP contribution < -0.4 is 15.8 Å². The van der Waals surface area contributed by atoms with Crippen LogP contribution in [0.3, 0.4) is 0 Å². The minimum absolute atomic E-state index is 0.0128. The summed E-state index contributed by atoms with van der Waals surface area (Å²) in [6.07, 6.45) is 1.57. The van der Waals surface area contributed by atoms with Gasteiger partial charge in [-0.2, -0.15) is 0 Å².